The predicted molar refractivity (Wildman–Crippen MR) is 145 cm³/mol. The predicted octanol–water partition coefficient (Wildman–Crippen LogP) is 8.97. The second-order valence-corrected chi connectivity index (χ2v) is 13.7. The van der Waals surface area contributed by atoms with Crippen molar-refractivity contribution in [3.05, 3.63) is 60.2 Å². The van der Waals surface area contributed by atoms with Gasteiger partial charge in [-0.3, -0.25) is 9.59 Å². The summed E-state index contributed by atoms with van der Waals surface area (Å²) >= 11 is 0. The van der Waals surface area contributed by atoms with E-state index in [-0.39, 0.29) is 27.9 Å². The van der Waals surface area contributed by atoms with Crippen LogP contribution in [0.25, 0.3) is 0 Å². The van der Waals surface area contributed by atoms with Crippen LogP contribution in [0.1, 0.15) is 100 Å². The molecule has 0 aliphatic heterocycles. The zero-order valence-electron chi connectivity index (χ0n) is 23.7. The van der Waals surface area contributed by atoms with Crippen LogP contribution in [0.4, 0.5) is 0 Å². The lowest BCUT2D eigenvalue weighted by atomic mass is 9.75. The minimum absolute atomic E-state index is 0.0291. The van der Waals surface area contributed by atoms with Crippen LogP contribution in [0.15, 0.2) is 54.6 Å². The number of hydrogen-bond donors (Lipinski definition) is 0. The van der Waals surface area contributed by atoms with Crippen LogP contribution in [-0.4, -0.2) is 11.6 Å². The number of carbonyl (C=O) groups excluding carboxylic acids is 2. The number of Topliss-reactive ketones (excluding diaryl/α,β-unsaturated/α-hetero) is 2. The first-order valence-electron chi connectivity index (χ1n) is 12.1. The quantitative estimate of drug-likeness (QED) is 0.330. The highest BCUT2D eigenvalue weighted by atomic mass is 16.1. The van der Waals surface area contributed by atoms with E-state index in [1.54, 1.807) is 0 Å². The molecular weight excluding hydrogens is 404 g/mol. The summed E-state index contributed by atoms with van der Waals surface area (Å²) in [6.07, 6.45) is 8.47. The molecule has 0 saturated carbocycles. The topological polar surface area (TPSA) is 34.1 Å². The third-order valence-corrected chi connectivity index (χ3v) is 4.81. The Kier molecular flexibility index (Phi) is 11.2. The molecule has 0 fully saturated rings. The number of rotatable bonds is 2. The average Bonchev–Trinajstić information content (AvgIpc) is 2.64. The summed E-state index contributed by atoms with van der Waals surface area (Å²) in [6.45, 7) is 27.1. The van der Waals surface area contributed by atoms with Gasteiger partial charge in [0.1, 0.15) is 5.78 Å². The number of benzene rings is 1. The first-order valence-corrected chi connectivity index (χ1v) is 12.1. The number of hydrogen-bond acceptors (Lipinski definition) is 2. The summed E-state index contributed by atoms with van der Waals surface area (Å²) in [5.41, 5.74) is 1.00. The van der Waals surface area contributed by atoms with Crippen molar-refractivity contribution in [3.63, 3.8) is 0 Å². The smallest absolute Gasteiger partial charge is 0.168 e. The lowest BCUT2D eigenvalue weighted by Crippen LogP contribution is -2.28. The van der Waals surface area contributed by atoms with Crippen molar-refractivity contribution in [2.75, 3.05) is 0 Å². The molecule has 0 bridgehead atoms. The molecule has 0 spiro atoms. The third kappa shape index (κ3) is 13.4. The van der Waals surface area contributed by atoms with Crippen molar-refractivity contribution in [3.8, 4) is 0 Å². The van der Waals surface area contributed by atoms with Gasteiger partial charge in [0, 0.05) is 16.4 Å². The molecule has 1 aromatic carbocycles. The molecule has 0 heterocycles. The molecule has 0 N–H and O–H groups in total. The van der Waals surface area contributed by atoms with E-state index in [4.69, 9.17) is 0 Å². The second kappa shape index (κ2) is 12.0. The van der Waals surface area contributed by atoms with Gasteiger partial charge in [-0.25, -0.2) is 0 Å². The number of carbonyl (C=O) groups is 2. The Morgan fingerprint density at radius 3 is 1.30 bits per heavy atom. The van der Waals surface area contributed by atoms with Crippen molar-refractivity contribution in [1.82, 2.24) is 0 Å². The Bertz CT molecular complexity index is 778. The summed E-state index contributed by atoms with van der Waals surface area (Å²) in [7, 11) is 0. The molecular formula is C31H50O2. The van der Waals surface area contributed by atoms with Crippen LogP contribution in [0.5, 0.6) is 0 Å². The van der Waals surface area contributed by atoms with Gasteiger partial charge < -0.3 is 0 Å². The molecule has 0 atom stereocenters. The summed E-state index contributed by atoms with van der Waals surface area (Å²) in [5.74, 6) is 0.908. The molecule has 2 nitrogen and oxygen atoms in total. The highest BCUT2D eigenvalue weighted by Crippen LogP contribution is 2.33. The molecule has 2 rings (SSSR count). The summed E-state index contributed by atoms with van der Waals surface area (Å²) in [4.78, 5) is 23.7. The van der Waals surface area contributed by atoms with Gasteiger partial charge in [0.2, 0.25) is 0 Å². The third-order valence-electron chi connectivity index (χ3n) is 4.81. The van der Waals surface area contributed by atoms with Gasteiger partial charge in [0.25, 0.3) is 0 Å². The van der Waals surface area contributed by atoms with Crippen LogP contribution in [-0.2, 0) is 4.79 Å². The SMILES string of the molecule is CC(C)(C)C.CC(C)(C)C(=O)C1C=CC(C(C)(C)C)C=C1.CC(C)(C)C(=O)c1ccccc1. The van der Waals surface area contributed by atoms with Crippen LogP contribution in [0.3, 0.4) is 0 Å². The van der Waals surface area contributed by atoms with Gasteiger partial charge in [-0.1, -0.05) is 145 Å². The van der Waals surface area contributed by atoms with E-state index in [2.05, 4.69) is 72.8 Å². The Morgan fingerprint density at radius 2 is 1.00 bits per heavy atom. The fourth-order valence-electron chi connectivity index (χ4n) is 2.88. The highest BCUT2D eigenvalue weighted by Gasteiger charge is 2.29. The molecule has 186 valence electrons. The van der Waals surface area contributed by atoms with Gasteiger partial charge in [-0.05, 0) is 16.7 Å². The monoisotopic (exact) mass is 454 g/mol. The van der Waals surface area contributed by atoms with E-state index < -0.39 is 0 Å². The maximum Gasteiger partial charge on any atom is 0.168 e. The first-order chi connectivity index (χ1) is 14.6. The van der Waals surface area contributed by atoms with Gasteiger partial charge in [0.05, 0.1) is 5.92 Å². The van der Waals surface area contributed by atoms with E-state index in [1.165, 1.54) is 0 Å². The van der Waals surface area contributed by atoms with Crippen molar-refractivity contribution in [2.45, 2.75) is 90.0 Å². The second-order valence-electron chi connectivity index (χ2n) is 13.7. The molecule has 1 aliphatic rings. The van der Waals surface area contributed by atoms with Gasteiger partial charge in [-0.15, -0.1) is 0 Å². The molecule has 0 saturated heterocycles. The van der Waals surface area contributed by atoms with Crippen molar-refractivity contribution >= 4 is 11.6 Å². The molecule has 2 heteroatoms. The Balaban J connectivity index is 0.000000530. The standard InChI is InChI=1S/C15H24O.C11H14O.C5H12/c1-14(2,3)12-9-7-11(8-10-12)13(16)15(4,5)6;1-11(2,3)10(12)9-7-5-4-6-8-9;1-5(2,3)4/h7-12H,1-6H3;4-8H,1-3H3;1-4H3. The highest BCUT2D eigenvalue weighted by molar-refractivity contribution is 5.99. The normalized spacial score (nSPS) is 18.5. The zero-order chi connectivity index (χ0) is 26.3. The van der Waals surface area contributed by atoms with E-state index in [1.807, 2.05) is 71.9 Å². The largest absolute Gasteiger partial charge is 0.298 e. The summed E-state index contributed by atoms with van der Waals surface area (Å²) < 4.78 is 0. The average molecular weight is 455 g/mol. The number of allylic oxidation sites excluding steroid dienone is 4. The summed E-state index contributed by atoms with van der Waals surface area (Å²) in [5, 5.41) is 0. The lowest BCUT2D eigenvalue weighted by molar-refractivity contribution is -0.127. The molecule has 33 heavy (non-hydrogen) atoms. The fraction of sp³-hybridized carbons (Fsp3) is 0.613. The fourth-order valence-corrected chi connectivity index (χ4v) is 2.88. The molecule has 0 aromatic heterocycles. The minimum atomic E-state index is -0.276. The van der Waals surface area contributed by atoms with Crippen LogP contribution in [0, 0.1) is 33.5 Å². The maximum atomic E-state index is 12.1. The Labute approximate surface area is 205 Å². The van der Waals surface area contributed by atoms with Crippen LogP contribution < -0.4 is 0 Å². The Hall–Kier alpha value is -1.96. The number of ketones is 2. The van der Waals surface area contributed by atoms with Crippen molar-refractivity contribution in [1.29, 1.82) is 0 Å². The van der Waals surface area contributed by atoms with E-state index >= 15 is 0 Å². The molecule has 0 unspecified atom stereocenters. The van der Waals surface area contributed by atoms with Gasteiger partial charge in [0.15, 0.2) is 5.78 Å². The molecule has 0 radical (unpaired) electrons. The van der Waals surface area contributed by atoms with Crippen LogP contribution in [0.2, 0.25) is 0 Å². The Morgan fingerprint density at radius 1 is 0.606 bits per heavy atom. The van der Waals surface area contributed by atoms with Gasteiger partial charge >= 0.3 is 0 Å². The summed E-state index contributed by atoms with van der Waals surface area (Å²) in [6, 6.07) is 9.40. The lowest BCUT2D eigenvalue weighted by Gasteiger charge is -2.29. The molecule has 1 aromatic rings. The maximum absolute atomic E-state index is 12.1. The molecule has 0 amide bonds. The van der Waals surface area contributed by atoms with Crippen molar-refractivity contribution < 1.29 is 9.59 Å². The first kappa shape index (κ1) is 31.0. The minimum Gasteiger partial charge on any atom is -0.298 e. The van der Waals surface area contributed by atoms with E-state index in [0.29, 0.717) is 17.1 Å². The van der Waals surface area contributed by atoms with E-state index in [9.17, 15) is 9.59 Å². The van der Waals surface area contributed by atoms with Gasteiger partial charge in [-0.2, -0.15) is 0 Å². The molecule has 1 aliphatic carbocycles. The van der Waals surface area contributed by atoms with Crippen molar-refractivity contribution in [2.24, 2.45) is 33.5 Å². The zero-order valence-corrected chi connectivity index (χ0v) is 23.7. The van der Waals surface area contributed by atoms with E-state index in [0.717, 1.165) is 5.56 Å². The van der Waals surface area contributed by atoms with Crippen LogP contribution >= 0.6 is 0 Å².